The molecule has 190 valence electrons. The summed E-state index contributed by atoms with van der Waals surface area (Å²) in [5, 5.41) is 8.70. The lowest BCUT2D eigenvalue weighted by Crippen LogP contribution is -2.50. The molecule has 5 atom stereocenters. The van der Waals surface area contributed by atoms with E-state index in [1.807, 2.05) is 7.11 Å². The van der Waals surface area contributed by atoms with Crippen LogP contribution in [0.2, 0.25) is 0 Å². The highest BCUT2D eigenvalue weighted by molar-refractivity contribution is 5.65. The summed E-state index contributed by atoms with van der Waals surface area (Å²) in [6.45, 7) is 11.3. The van der Waals surface area contributed by atoms with E-state index in [1.165, 1.54) is 36.2 Å². The van der Waals surface area contributed by atoms with Crippen molar-refractivity contribution in [3.8, 4) is 0 Å². The van der Waals surface area contributed by atoms with E-state index in [1.54, 1.807) is 7.11 Å². The average molecular weight is 467 g/mol. The molecule has 0 spiro atoms. The Kier molecular flexibility index (Phi) is 9.62. The Labute approximate surface area is 200 Å². The number of methoxy groups -OCH3 is 2. The second-order valence-electron chi connectivity index (χ2n) is 10.8. The van der Waals surface area contributed by atoms with Gasteiger partial charge < -0.3 is 29.1 Å². The number of carboxylic acid groups (broad SMARTS) is 1. The van der Waals surface area contributed by atoms with Crippen LogP contribution in [0.5, 0.6) is 0 Å². The fourth-order valence-electron chi connectivity index (χ4n) is 5.72. The lowest BCUT2D eigenvalue weighted by molar-refractivity contribution is -0.00777. The second-order valence-corrected chi connectivity index (χ2v) is 10.8. The molecule has 0 aromatic carbocycles. The molecule has 7 heteroatoms. The highest BCUT2D eigenvalue weighted by atomic mass is 16.6. The predicted molar refractivity (Wildman–Crippen MR) is 130 cm³/mol. The van der Waals surface area contributed by atoms with Crippen molar-refractivity contribution in [1.29, 1.82) is 0 Å². The van der Waals surface area contributed by atoms with E-state index >= 15 is 0 Å². The molecule has 4 aliphatic rings. The van der Waals surface area contributed by atoms with Gasteiger partial charge in [0.2, 0.25) is 0 Å². The van der Waals surface area contributed by atoms with Gasteiger partial charge in [-0.1, -0.05) is 24.5 Å². The minimum Gasteiger partial charge on any atom is -0.465 e. The third kappa shape index (κ3) is 7.17. The maximum Gasteiger partial charge on any atom is 0.407 e. The molecule has 0 aromatic heterocycles. The highest BCUT2D eigenvalue weighted by Gasteiger charge is 2.58. The molecule has 0 aromatic rings. The number of amides is 1. The zero-order valence-corrected chi connectivity index (χ0v) is 21.4. The van der Waals surface area contributed by atoms with Crippen molar-refractivity contribution in [2.45, 2.75) is 89.6 Å². The van der Waals surface area contributed by atoms with Crippen LogP contribution in [0.15, 0.2) is 11.6 Å². The number of allylic oxidation sites excluding steroid dienone is 1. The molecule has 4 fully saturated rings. The Morgan fingerprint density at radius 2 is 1.85 bits per heavy atom. The van der Waals surface area contributed by atoms with Crippen LogP contribution in [0.1, 0.15) is 65.7 Å². The fraction of sp³-hybridized carbons (Fsp3) is 0.885. The summed E-state index contributed by atoms with van der Waals surface area (Å²) in [6, 6.07) is 0. The van der Waals surface area contributed by atoms with E-state index in [0.717, 1.165) is 52.0 Å². The van der Waals surface area contributed by atoms with Gasteiger partial charge in [-0.3, -0.25) is 0 Å². The molecule has 0 radical (unpaired) electrons. The van der Waals surface area contributed by atoms with Crippen LogP contribution in [0.25, 0.3) is 0 Å². The van der Waals surface area contributed by atoms with Gasteiger partial charge in [-0.2, -0.15) is 0 Å². The van der Waals surface area contributed by atoms with E-state index in [2.05, 4.69) is 31.7 Å². The van der Waals surface area contributed by atoms with Gasteiger partial charge >= 0.3 is 6.09 Å². The minimum atomic E-state index is -0.781. The van der Waals surface area contributed by atoms with Crippen LogP contribution in [-0.4, -0.2) is 91.9 Å². The van der Waals surface area contributed by atoms with Crippen molar-refractivity contribution in [2.75, 3.05) is 46.9 Å². The lowest BCUT2D eigenvalue weighted by Gasteiger charge is -2.37. The molecule has 0 bridgehead atoms. The van der Waals surface area contributed by atoms with E-state index in [-0.39, 0.29) is 5.60 Å². The molecule has 1 aliphatic carbocycles. The van der Waals surface area contributed by atoms with Crippen molar-refractivity contribution in [3.63, 3.8) is 0 Å². The van der Waals surface area contributed by atoms with E-state index in [9.17, 15) is 4.79 Å². The summed E-state index contributed by atoms with van der Waals surface area (Å²) < 4.78 is 17.0. The van der Waals surface area contributed by atoms with Crippen LogP contribution in [0.3, 0.4) is 0 Å². The van der Waals surface area contributed by atoms with Gasteiger partial charge in [0.05, 0.1) is 23.9 Å². The normalized spacial score (nSPS) is 34.3. The Morgan fingerprint density at radius 1 is 1.12 bits per heavy atom. The largest absolute Gasteiger partial charge is 0.465 e. The van der Waals surface area contributed by atoms with Gasteiger partial charge in [0.15, 0.2) is 0 Å². The number of rotatable bonds is 8. The fourth-order valence-corrected chi connectivity index (χ4v) is 5.72. The van der Waals surface area contributed by atoms with Gasteiger partial charge in [0, 0.05) is 46.3 Å². The summed E-state index contributed by atoms with van der Waals surface area (Å²) in [5.74, 6) is 1.16. The third-order valence-electron chi connectivity index (χ3n) is 8.10. The molecule has 33 heavy (non-hydrogen) atoms. The van der Waals surface area contributed by atoms with Gasteiger partial charge in [0.1, 0.15) is 0 Å². The molecule has 4 rings (SSSR count). The first-order chi connectivity index (χ1) is 15.8. The molecule has 1 N–H and O–H groups in total. The molecular weight excluding hydrogens is 420 g/mol. The van der Waals surface area contributed by atoms with Crippen LogP contribution in [0, 0.1) is 11.8 Å². The molecule has 3 heterocycles. The molecular formula is C26H46N2O5. The monoisotopic (exact) mass is 466 g/mol. The number of hydrogen-bond donors (Lipinski definition) is 1. The van der Waals surface area contributed by atoms with Gasteiger partial charge in [-0.15, -0.1) is 0 Å². The Bertz CT molecular complexity index is 661. The summed E-state index contributed by atoms with van der Waals surface area (Å²) in [4.78, 5) is 14.5. The van der Waals surface area contributed by atoms with Crippen molar-refractivity contribution in [3.05, 3.63) is 11.6 Å². The maximum atomic E-state index is 10.6. The maximum absolute atomic E-state index is 10.6. The quantitative estimate of drug-likeness (QED) is 0.422. The molecule has 5 unspecified atom stereocenters. The van der Waals surface area contributed by atoms with Crippen molar-refractivity contribution >= 4 is 6.09 Å². The zero-order chi connectivity index (χ0) is 24.0. The minimum absolute atomic E-state index is 0.0764. The second kappa shape index (κ2) is 12.0. The van der Waals surface area contributed by atoms with E-state index in [4.69, 9.17) is 19.3 Å². The first kappa shape index (κ1) is 26.5. The first-order valence-electron chi connectivity index (χ1n) is 12.8. The van der Waals surface area contributed by atoms with Crippen molar-refractivity contribution < 1.29 is 24.1 Å². The van der Waals surface area contributed by atoms with Crippen LogP contribution in [-0.2, 0) is 14.2 Å². The molecule has 3 aliphatic heterocycles. The molecule has 1 amide bonds. The Hall–Kier alpha value is -1.15. The Balaban J connectivity index is 0.000000186. The summed E-state index contributed by atoms with van der Waals surface area (Å²) in [5.41, 5.74) is 1.46. The van der Waals surface area contributed by atoms with Crippen molar-refractivity contribution in [1.82, 2.24) is 9.80 Å². The summed E-state index contributed by atoms with van der Waals surface area (Å²) >= 11 is 0. The summed E-state index contributed by atoms with van der Waals surface area (Å²) in [6.07, 6.45) is 11.1. The molecule has 3 saturated heterocycles. The van der Waals surface area contributed by atoms with Crippen LogP contribution >= 0.6 is 0 Å². The Morgan fingerprint density at radius 3 is 2.45 bits per heavy atom. The number of ether oxygens (including phenoxy) is 3. The summed E-state index contributed by atoms with van der Waals surface area (Å²) in [7, 11) is 3.62. The molecule has 1 saturated carbocycles. The standard InChI is InChI=1S/C15H26O2.C11H20N2O3/c1-11(2)9-10-14-15(3,17-14)12-7-5-6-8-13(12)16-4;1-16-10-3-5-12(8-10)4-2-9-6-13(7-9)11(14)15/h9,12-14H,5-8,10H2,1-4H3;9-10H,2-8H2,1H3,(H,14,15). The first-order valence-corrected chi connectivity index (χ1v) is 12.8. The third-order valence-corrected chi connectivity index (χ3v) is 8.10. The van der Waals surface area contributed by atoms with Gasteiger partial charge in [-0.25, -0.2) is 4.79 Å². The number of nitrogens with zero attached hydrogens (tertiary/aromatic N) is 2. The van der Waals surface area contributed by atoms with Gasteiger partial charge in [0.25, 0.3) is 0 Å². The topological polar surface area (TPSA) is 74.8 Å². The molecule has 7 nitrogen and oxygen atoms in total. The van der Waals surface area contributed by atoms with E-state index < -0.39 is 6.09 Å². The average Bonchev–Trinajstić information content (AvgIpc) is 3.21. The van der Waals surface area contributed by atoms with Crippen molar-refractivity contribution in [2.24, 2.45) is 11.8 Å². The lowest BCUT2D eigenvalue weighted by atomic mass is 9.76. The predicted octanol–water partition coefficient (Wildman–Crippen LogP) is 4.41. The van der Waals surface area contributed by atoms with Crippen LogP contribution in [0.4, 0.5) is 4.79 Å². The van der Waals surface area contributed by atoms with Crippen LogP contribution < -0.4 is 0 Å². The SMILES string of the molecule is COC1CCCCC1C1(C)OC1CC=C(C)C.COC1CCN(CCC2CN(C(=O)O)C2)C1. The number of hydrogen-bond acceptors (Lipinski definition) is 5. The van der Waals surface area contributed by atoms with E-state index in [0.29, 0.717) is 30.1 Å². The zero-order valence-electron chi connectivity index (χ0n) is 21.4. The number of epoxide rings is 1. The van der Waals surface area contributed by atoms with Gasteiger partial charge in [-0.05, 0) is 65.3 Å². The number of likely N-dealkylation sites (tertiary alicyclic amines) is 2. The smallest absolute Gasteiger partial charge is 0.407 e. The highest BCUT2D eigenvalue weighted by Crippen LogP contribution is 2.50. The number of carbonyl (C=O) groups is 1.